The minimum atomic E-state index is -0.551. The van der Waals surface area contributed by atoms with Crippen molar-refractivity contribution in [3.05, 3.63) is 54.7 Å². The van der Waals surface area contributed by atoms with Crippen molar-refractivity contribution >= 4 is 17.7 Å². The molecule has 0 bridgehead atoms. The van der Waals surface area contributed by atoms with Gasteiger partial charge in [0, 0.05) is 0 Å². The number of phenolic OH excluding ortho intramolecular Hbond substituents is 3. The molecule has 27 heavy (non-hydrogen) atoms. The van der Waals surface area contributed by atoms with Gasteiger partial charge >= 0.3 is 0 Å². The van der Waals surface area contributed by atoms with E-state index >= 15 is 0 Å². The third-order valence-corrected chi connectivity index (χ3v) is 3.59. The molecule has 0 saturated carbocycles. The van der Waals surface area contributed by atoms with E-state index in [1.807, 2.05) is 0 Å². The van der Waals surface area contributed by atoms with E-state index in [0.29, 0.717) is 0 Å². The van der Waals surface area contributed by atoms with Gasteiger partial charge in [0.05, 0.1) is 36.3 Å². The minimum Gasteiger partial charge on any atom is -0.507 e. The number of amides is 3. The Morgan fingerprint density at radius 3 is 1.04 bits per heavy atom. The molecule has 1 aromatic rings. The number of phenols is 3. The summed E-state index contributed by atoms with van der Waals surface area (Å²) >= 11 is 0. The van der Waals surface area contributed by atoms with Crippen LogP contribution in [0, 0.1) is 0 Å². The Hall–Kier alpha value is -3.75. The zero-order valence-corrected chi connectivity index (χ0v) is 14.5. The summed E-state index contributed by atoms with van der Waals surface area (Å²) in [7, 11) is 0. The molecular formula is C18H21N3O6. The maximum atomic E-state index is 11.4. The van der Waals surface area contributed by atoms with Crippen LogP contribution in [0.3, 0.4) is 0 Å². The Balaban J connectivity index is 3.37. The molecule has 0 atom stereocenters. The third kappa shape index (κ3) is 5.36. The first-order valence-electron chi connectivity index (χ1n) is 7.75. The van der Waals surface area contributed by atoms with E-state index in [9.17, 15) is 29.7 Å². The summed E-state index contributed by atoms with van der Waals surface area (Å²) in [4.78, 5) is 34.1. The highest BCUT2D eigenvalue weighted by atomic mass is 16.3. The van der Waals surface area contributed by atoms with Gasteiger partial charge in [0.1, 0.15) is 17.2 Å². The van der Waals surface area contributed by atoms with E-state index in [-0.39, 0.29) is 36.3 Å². The average Bonchev–Trinajstić information content (AvgIpc) is 2.66. The minimum absolute atomic E-state index is 0.103. The van der Waals surface area contributed by atoms with Gasteiger partial charge in [-0.05, 0) is 18.2 Å². The number of benzene rings is 1. The molecule has 0 aromatic heterocycles. The van der Waals surface area contributed by atoms with E-state index in [0.717, 1.165) is 18.2 Å². The molecule has 1 aromatic carbocycles. The summed E-state index contributed by atoms with van der Waals surface area (Å²) in [6.07, 6.45) is 3.01. The van der Waals surface area contributed by atoms with Crippen LogP contribution < -0.4 is 16.0 Å². The Morgan fingerprint density at radius 2 is 0.852 bits per heavy atom. The molecule has 9 nitrogen and oxygen atoms in total. The summed E-state index contributed by atoms with van der Waals surface area (Å²) < 4.78 is 0. The van der Waals surface area contributed by atoms with Crippen LogP contribution in [-0.2, 0) is 34.0 Å². The lowest BCUT2D eigenvalue weighted by Crippen LogP contribution is -2.24. The molecule has 9 heteroatoms. The number of nitrogens with one attached hydrogen (secondary N) is 3. The molecule has 1 rings (SSSR count). The fourth-order valence-corrected chi connectivity index (χ4v) is 2.13. The van der Waals surface area contributed by atoms with Crippen molar-refractivity contribution < 1.29 is 29.7 Å². The Kier molecular flexibility index (Phi) is 7.62. The van der Waals surface area contributed by atoms with E-state index in [4.69, 9.17) is 0 Å². The molecule has 0 fully saturated rings. The van der Waals surface area contributed by atoms with Gasteiger partial charge in [0.15, 0.2) is 0 Å². The van der Waals surface area contributed by atoms with Crippen LogP contribution in [-0.4, -0.2) is 33.0 Å². The van der Waals surface area contributed by atoms with Gasteiger partial charge in [-0.25, -0.2) is 0 Å². The summed E-state index contributed by atoms with van der Waals surface area (Å²) in [6.45, 7) is 9.03. The predicted octanol–water partition coefficient (Wildman–Crippen LogP) is 0.210. The summed E-state index contributed by atoms with van der Waals surface area (Å²) in [5, 5.41) is 38.3. The lowest BCUT2D eigenvalue weighted by molar-refractivity contribution is -0.117. The first kappa shape index (κ1) is 21.3. The van der Waals surface area contributed by atoms with Crippen molar-refractivity contribution in [1.82, 2.24) is 16.0 Å². The van der Waals surface area contributed by atoms with Crippen molar-refractivity contribution in [2.45, 2.75) is 19.6 Å². The highest BCUT2D eigenvalue weighted by Crippen LogP contribution is 2.42. The first-order valence-corrected chi connectivity index (χ1v) is 7.75. The monoisotopic (exact) mass is 375 g/mol. The smallest absolute Gasteiger partial charge is 0.243 e. The van der Waals surface area contributed by atoms with Gasteiger partial charge in [-0.1, -0.05) is 19.7 Å². The van der Waals surface area contributed by atoms with Gasteiger partial charge < -0.3 is 31.3 Å². The van der Waals surface area contributed by atoms with E-state index < -0.39 is 35.0 Å². The third-order valence-electron chi connectivity index (χ3n) is 3.59. The van der Waals surface area contributed by atoms with Crippen LogP contribution in [0.1, 0.15) is 16.7 Å². The Morgan fingerprint density at radius 1 is 0.630 bits per heavy atom. The largest absolute Gasteiger partial charge is 0.507 e. The van der Waals surface area contributed by atoms with Crippen LogP contribution in [0.4, 0.5) is 0 Å². The van der Waals surface area contributed by atoms with Crippen LogP contribution in [0.2, 0.25) is 0 Å². The number of carbonyl (C=O) groups is 3. The van der Waals surface area contributed by atoms with E-state index in [1.165, 1.54) is 0 Å². The van der Waals surface area contributed by atoms with Gasteiger partial charge in [-0.3, -0.25) is 14.4 Å². The summed E-state index contributed by atoms with van der Waals surface area (Å²) in [6, 6.07) is 0. The Labute approximate surface area is 155 Å². The Bertz CT molecular complexity index is 675. The quantitative estimate of drug-likeness (QED) is 0.340. The topological polar surface area (TPSA) is 148 Å². The summed E-state index contributed by atoms with van der Waals surface area (Å²) in [5.74, 6) is -3.20. The zero-order chi connectivity index (χ0) is 20.6. The molecule has 0 heterocycles. The van der Waals surface area contributed by atoms with Gasteiger partial charge in [0.25, 0.3) is 0 Å². The summed E-state index contributed by atoms with van der Waals surface area (Å²) in [5.41, 5.74) is -0.309. The maximum Gasteiger partial charge on any atom is 0.243 e. The molecule has 0 aliphatic heterocycles. The van der Waals surface area contributed by atoms with Gasteiger partial charge in [-0.15, -0.1) is 0 Å². The molecule has 0 spiro atoms. The molecule has 0 radical (unpaired) electrons. The number of aromatic hydroxyl groups is 3. The van der Waals surface area contributed by atoms with Crippen LogP contribution in [0.5, 0.6) is 17.2 Å². The SMILES string of the molecule is C=CC(=O)NCc1c(O)c(CNC(=O)C=C)c(O)c(CNC(=O)C=C)c1O. The second kappa shape index (κ2) is 9.66. The fourth-order valence-electron chi connectivity index (χ4n) is 2.13. The molecule has 0 aliphatic carbocycles. The van der Waals surface area contributed by atoms with Gasteiger partial charge in [-0.2, -0.15) is 0 Å². The molecule has 0 unspecified atom stereocenters. The van der Waals surface area contributed by atoms with E-state index in [1.54, 1.807) is 0 Å². The van der Waals surface area contributed by atoms with Crippen LogP contribution in [0.15, 0.2) is 38.0 Å². The van der Waals surface area contributed by atoms with Crippen molar-refractivity contribution in [3.8, 4) is 17.2 Å². The standard InChI is InChI=1S/C18H21N3O6/c1-4-13(22)19-7-10-16(25)11(8-20-14(23)5-2)18(27)12(17(10)26)9-21-15(24)6-3/h4-6,25-27H,1-3,7-9H2,(H,19,22)(H,20,23)(H,21,24). The van der Waals surface area contributed by atoms with Crippen LogP contribution in [0.25, 0.3) is 0 Å². The first-order chi connectivity index (χ1) is 12.8. The highest BCUT2D eigenvalue weighted by molar-refractivity contribution is 5.88. The maximum absolute atomic E-state index is 11.4. The molecule has 0 saturated heterocycles. The zero-order valence-electron chi connectivity index (χ0n) is 14.5. The second-order valence-electron chi connectivity index (χ2n) is 5.25. The van der Waals surface area contributed by atoms with Crippen molar-refractivity contribution in [1.29, 1.82) is 0 Å². The van der Waals surface area contributed by atoms with E-state index in [2.05, 4.69) is 35.7 Å². The normalized spacial score (nSPS) is 9.78. The molecule has 6 N–H and O–H groups in total. The molecule has 3 amide bonds. The van der Waals surface area contributed by atoms with Crippen molar-refractivity contribution in [2.24, 2.45) is 0 Å². The molecule has 0 aliphatic rings. The number of hydrogen-bond acceptors (Lipinski definition) is 6. The highest BCUT2D eigenvalue weighted by Gasteiger charge is 2.24. The van der Waals surface area contributed by atoms with Crippen molar-refractivity contribution in [3.63, 3.8) is 0 Å². The van der Waals surface area contributed by atoms with Crippen LogP contribution >= 0.6 is 0 Å². The molecular weight excluding hydrogens is 354 g/mol. The number of carbonyl (C=O) groups excluding carboxylic acids is 3. The average molecular weight is 375 g/mol. The number of rotatable bonds is 9. The lowest BCUT2D eigenvalue weighted by atomic mass is 9.99. The second-order valence-corrected chi connectivity index (χ2v) is 5.25. The number of hydrogen-bond donors (Lipinski definition) is 6. The van der Waals surface area contributed by atoms with Gasteiger partial charge in [0.2, 0.25) is 17.7 Å². The predicted molar refractivity (Wildman–Crippen MR) is 97.6 cm³/mol. The fraction of sp³-hybridized carbons (Fsp3) is 0.167. The van der Waals surface area contributed by atoms with Crippen molar-refractivity contribution in [2.75, 3.05) is 0 Å². The molecule has 144 valence electrons. The lowest BCUT2D eigenvalue weighted by Gasteiger charge is -2.19.